The van der Waals surface area contributed by atoms with Crippen molar-refractivity contribution in [3.63, 3.8) is 0 Å². The number of allylic oxidation sites excluding steroid dienone is 2. The summed E-state index contributed by atoms with van der Waals surface area (Å²) in [6, 6.07) is 0. The zero-order valence-corrected chi connectivity index (χ0v) is 6.77. The van der Waals surface area contributed by atoms with Crippen LogP contribution in [0.2, 0.25) is 0 Å². The van der Waals surface area contributed by atoms with E-state index in [9.17, 15) is 0 Å². The average Bonchev–Trinajstić information content (AvgIpc) is 1.97. The van der Waals surface area contributed by atoms with Crippen LogP contribution in [-0.2, 0) is 0 Å². The highest BCUT2D eigenvalue weighted by Gasteiger charge is 1.79. The molecule has 0 heteroatoms. The number of unbranched alkanes of at least 4 members (excludes halogenated alkanes) is 3. The molecule has 0 bridgehead atoms. The fraction of sp³-hybridized carbons (Fsp3) is 0.600. The van der Waals surface area contributed by atoms with Gasteiger partial charge in [-0.25, -0.2) is 0 Å². The van der Waals surface area contributed by atoms with E-state index in [4.69, 9.17) is 6.42 Å². The van der Waals surface area contributed by atoms with E-state index in [0.29, 0.717) is 0 Å². The largest absolute Gasteiger partial charge is 0.120 e. The minimum Gasteiger partial charge on any atom is -0.120 e. The molecule has 0 aromatic heterocycles. The van der Waals surface area contributed by atoms with E-state index >= 15 is 0 Å². The lowest BCUT2D eigenvalue weighted by atomic mass is 10.2. The van der Waals surface area contributed by atoms with E-state index in [2.05, 4.69) is 25.0 Å². The molecular weight excluding hydrogens is 120 g/mol. The molecular formula is C10H16. The Bertz CT molecular complexity index is 114. The molecule has 0 saturated carbocycles. The number of rotatable bonds is 5. The predicted molar refractivity (Wildman–Crippen MR) is 46.7 cm³/mol. The number of hydrogen-bond acceptors (Lipinski definition) is 0. The Morgan fingerprint density at radius 1 is 1.30 bits per heavy atom. The Morgan fingerprint density at radius 3 is 2.70 bits per heavy atom. The molecule has 0 aromatic carbocycles. The predicted octanol–water partition coefficient (Wildman–Crippen LogP) is 3.15. The highest BCUT2D eigenvalue weighted by atomic mass is 13.9. The van der Waals surface area contributed by atoms with Crippen LogP contribution in [0.3, 0.4) is 0 Å². The van der Waals surface area contributed by atoms with E-state index in [-0.39, 0.29) is 0 Å². The van der Waals surface area contributed by atoms with Crippen molar-refractivity contribution in [1.29, 1.82) is 0 Å². The Morgan fingerprint density at radius 2 is 2.10 bits per heavy atom. The Hall–Kier alpha value is -0.700. The first-order valence-corrected chi connectivity index (χ1v) is 4.00. The van der Waals surface area contributed by atoms with Gasteiger partial charge >= 0.3 is 0 Å². The van der Waals surface area contributed by atoms with Gasteiger partial charge in [-0.2, -0.15) is 0 Å². The van der Waals surface area contributed by atoms with Gasteiger partial charge < -0.3 is 0 Å². The van der Waals surface area contributed by atoms with Crippen molar-refractivity contribution in [2.75, 3.05) is 0 Å². The molecule has 0 aliphatic rings. The van der Waals surface area contributed by atoms with Gasteiger partial charge in [0.1, 0.15) is 0 Å². The van der Waals surface area contributed by atoms with Crippen LogP contribution in [0.1, 0.15) is 39.0 Å². The summed E-state index contributed by atoms with van der Waals surface area (Å²) in [4.78, 5) is 0. The van der Waals surface area contributed by atoms with E-state index in [1.165, 1.54) is 25.7 Å². The molecule has 0 amide bonds. The number of hydrogen-bond donors (Lipinski definition) is 0. The molecule has 0 heterocycles. The lowest BCUT2D eigenvalue weighted by Gasteiger charge is -1.89. The second-order valence-electron chi connectivity index (χ2n) is 2.38. The van der Waals surface area contributed by atoms with Gasteiger partial charge in [0, 0.05) is 6.42 Å². The summed E-state index contributed by atoms with van der Waals surface area (Å²) in [5, 5.41) is 0. The van der Waals surface area contributed by atoms with Crippen LogP contribution < -0.4 is 0 Å². The zero-order valence-electron chi connectivity index (χ0n) is 6.77. The smallest absolute Gasteiger partial charge is 0.0267 e. The highest BCUT2D eigenvalue weighted by molar-refractivity contribution is 4.96. The van der Waals surface area contributed by atoms with Gasteiger partial charge in [-0.3, -0.25) is 0 Å². The lowest BCUT2D eigenvalue weighted by molar-refractivity contribution is 0.728. The van der Waals surface area contributed by atoms with Crippen LogP contribution >= 0.6 is 0 Å². The first kappa shape index (κ1) is 9.30. The molecule has 0 atom stereocenters. The van der Waals surface area contributed by atoms with Gasteiger partial charge in [0.05, 0.1) is 0 Å². The van der Waals surface area contributed by atoms with Crippen molar-refractivity contribution in [3.8, 4) is 12.3 Å². The molecule has 0 saturated heterocycles. The van der Waals surface area contributed by atoms with Crippen LogP contribution in [0.25, 0.3) is 0 Å². The first-order valence-electron chi connectivity index (χ1n) is 4.00. The molecule has 0 nitrogen and oxygen atoms in total. The SMILES string of the molecule is C#CCC=CCCCCC. The summed E-state index contributed by atoms with van der Waals surface area (Å²) in [6.07, 6.45) is 15.2. The monoisotopic (exact) mass is 136 g/mol. The Kier molecular flexibility index (Phi) is 7.72. The third-order valence-corrected chi connectivity index (χ3v) is 1.38. The van der Waals surface area contributed by atoms with Gasteiger partial charge in [0.15, 0.2) is 0 Å². The molecule has 56 valence electrons. The summed E-state index contributed by atoms with van der Waals surface area (Å²) >= 11 is 0. The topological polar surface area (TPSA) is 0 Å². The van der Waals surface area contributed by atoms with Crippen molar-refractivity contribution >= 4 is 0 Å². The van der Waals surface area contributed by atoms with E-state index < -0.39 is 0 Å². The molecule has 10 heavy (non-hydrogen) atoms. The Balaban J connectivity index is 2.97. The minimum absolute atomic E-state index is 0.784. The molecule has 0 fully saturated rings. The lowest BCUT2D eigenvalue weighted by Crippen LogP contribution is -1.70. The third kappa shape index (κ3) is 7.30. The molecule has 0 aliphatic carbocycles. The van der Waals surface area contributed by atoms with Crippen molar-refractivity contribution in [3.05, 3.63) is 12.2 Å². The van der Waals surface area contributed by atoms with Crippen LogP contribution in [-0.4, -0.2) is 0 Å². The summed E-state index contributed by atoms with van der Waals surface area (Å²) in [7, 11) is 0. The van der Waals surface area contributed by atoms with E-state index in [1.807, 2.05) is 0 Å². The van der Waals surface area contributed by atoms with Crippen LogP contribution in [0.15, 0.2) is 12.2 Å². The van der Waals surface area contributed by atoms with Crippen molar-refractivity contribution < 1.29 is 0 Å². The average molecular weight is 136 g/mol. The summed E-state index contributed by atoms with van der Waals surface area (Å²) < 4.78 is 0. The highest BCUT2D eigenvalue weighted by Crippen LogP contribution is 1.99. The first-order chi connectivity index (χ1) is 4.91. The fourth-order valence-electron chi connectivity index (χ4n) is 0.781. The van der Waals surface area contributed by atoms with E-state index in [1.54, 1.807) is 0 Å². The zero-order chi connectivity index (χ0) is 7.66. The molecule has 0 spiro atoms. The Labute approximate surface area is 64.3 Å². The molecule has 0 unspecified atom stereocenters. The molecule has 0 aliphatic heterocycles. The normalized spacial score (nSPS) is 10.0. The second-order valence-corrected chi connectivity index (χ2v) is 2.38. The fourth-order valence-corrected chi connectivity index (χ4v) is 0.781. The van der Waals surface area contributed by atoms with Gasteiger partial charge in [0.2, 0.25) is 0 Å². The summed E-state index contributed by atoms with van der Waals surface area (Å²) in [6.45, 7) is 2.21. The van der Waals surface area contributed by atoms with Gasteiger partial charge in [-0.1, -0.05) is 31.9 Å². The minimum atomic E-state index is 0.784. The van der Waals surface area contributed by atoms with Gasteiger partial charge in [-0.05, 0) is 12.8 Å². The molecule has 0 N–H and O–H groups in total. The van der Waals surface area contributed by atoms with E-state index in [0.717, 1.165) is 6.42 Å². The van der Waals surface area contributed by atoms with Crippen LogP contribution in [0.5, 0.6) is 0 Å². The third-order valence-electron chi connectivity index (χ3n) is 1.38. The molecule has 0 radical (unpaired) electrons. The summed E-state index contributed by atoms with van der Waals surface area (Å²) in [5.74, 6) is 2.57. The maximum absolute atomic E-state index is 5.07. The standard InChI is InChI=1S/C10H16/c1-3-5-7-9-10-8-6-4-2/h1,7,9H,4-6,8,10H2,2H3. The maximum Gasteiger partial charge on any atom is 0.0267 e. The van der Waals surface area contributed by atoms with Crippen LogP contribution in [0, 0.1) is 12.3 Å². The van der Waals surface area contributed by atoms with Gasteiger partial charge in [0.25, 0.3) is 0 Å². The van der Waals surface area contributed by atoms with Crippen molar-refractivity contribution in [2.24, 2.45) is 0 Å². The number of terminal acetylenes is 1. The quantitative estimate of drug-likeness (QED) is 0.309. The second kappa shape index (κ2) is 8.30. The molecule has 0 rings (SSSR count). The van der Waals surface area contributed by atoms with Crippen molar-refractivity contribution in [2.45, 2.75) is 39.0 Å². The molecule has 0 aromatic rings. The van der Waals surface area contributed by atoms with Crippen LogP contribution in [0.4, 0.5) is 0 Å². The maximum atomic E-state index is 5.07. The summed E-state index contributed by atoms with van der Waals surface area (Å²) in [5.41, 5.74) is 0. The van der Waals surface area contributed by atoms with Crippen molar-refractivity contribution in [1.82, 2.24) is 0 Å². The van der Waals surface area contributed by atoms with Gasteiger partial charge in [-0.15, -0.1) is 12.3 Å².